The summed E-state index contributed by atoms with van der Waals surface area (Å²) in [5.41, 5.74) is 0. The summed E-state index contributed by atoms with van der Waals surface area (Å²) < 4.78 is 10.3. The quantitative estimate of drug-likeness (QED) is 0.368. The third-order valence-electron chi connectivity index (χ3n) is 3.93. The lowest BCUT2D eigenvalue weighted by Crippen LogP contribution is -2.41. The Kier molecular flexibility index (Phi) is 13.6. The van der Waals surface area contributed by atoms with Crippen LogP contribution < -0.4 is 0 Å². The second-order valence-electron chi connectivity index (χ2n) is 6.04. The predicted octanol–water partition coefficient (Wildman–Crippen LogP) is 4.54. The van der Waals surface area contributed by atoms with Crippen LogP contribution in [0.15, 0.2) is 0 Å². The van der Waals surface area contributed by atoms with Crippen LogP contribution in [0.2, 0.25) is 0 Å². The number of ether oxygens (including phenoxy) is 2. The molecule has 5 heteroatoms. The highest BCUT2D eigenvalue weighted by atomic mass is 16.6. The van der Waals surface area contributed by atoms with Crippen molar-refractivity contribution < 1.29 is 19.1 Å². The molecule has 23 heavy (non-hydrogen) atoms. The lowest BCUT2D eigenvalue weighted by atomic mass is 10.1. The Morgan fingerprint density at radius 3 is 1.96 bits per heavy atom. The van der Waals surface area contributed by atoms with Gasteiger partial charge < -0.3 is 9.47 Å². The topological polar surface area (TPSA) is 55.8 Å². The first kappa shape index (κ1) is 21.7. The van der Waals surface area contributed by atoms with E-state index in [1.54, 1.807) is 14.0 Å². The first-order chi connectivity index (χ1) is 11.0. The summed E-state index contributed by atoms with van der Waals surface area (Å²) in [6.07, 6.45) is 9.58. The number of unbranched alkanes of at least 4 members (excludes halogenated alkanes) is 7. The van der Waals surface area contributed by atoms with Crippen molar-refractivity contribution >= 4 is 12.1 Å². The largest absolute Gasteiger partial charge is 0.464 e. The molecule has 0 aliphatic rings. The smallest absolute Gasteiger partial charge is 0.410 e. The molecule has 0 N–H and O–H groups in total. The maximum atomic E-state index is 11.9. The molecule has 0 rings (SSSR count). The van der Waals surface area contributed by atoms with Gasteiger partial charge in [-0.1, -0.05) is 58.8 Å². The molecule has 0 aromatic heterocycles. The minimum absolute atomic E-state index is 0.370. The summed E-state index contributed by atoms with van der Waals surface area (Å²) in [7, 11) is 1.56. The summed E-state index contributed by atoms with van der Waals surface area (Å²) in [5.74, 6) is -0.370. The fourth-order valence-electron chi connectivity index (χ4n) is 2.07. The van der Waals surface area contributed by atoms with E-state index >= 15 is 0 Å². The summed E-state index contributed by atoms with van der Waals surface area (Å²) in [5, 5.41) is 0. The zero-order valence-corrected chi connectivity index (χ0v) is 15.4. The normalized spacial score (nSPS) is 11.8. The van der Waals surface area contributed by atoms with Gasteiger partial charge in [0.2, 0.25) is 0 Å². The van der Waals surface area contributed by atoms with Crippen molar-refractivity contribution in [3.05, 3.63) is 0 Å². The number of hydrogen-bond acceptors (Lipinski definition) is 4. The Hall–Kier alpha value is -1.26. The Morgan fingerprint density at radius 1 is 0.826 bits per heavy atom. The van der Waals surface area contributed by atoms with Gasteiger partial charge in [0.15, 0.2) is 0 Å². The first-order valence-corrected chi connectivity index (χ1v) is 9.10. The fraction of sp³-hybridized carbons (Fsp3) is 0.889. The molecule has 1 atom stereocenters. The molecular weight excluding hydrogens is 294 g/mol. The van der Waals surface area contributed by atoms with E-state index in [9.17, 15) is 9.59 Å². The molecule has 0 saturated heterocycles. The minimum Gasteiger partial charge on any atom is -0.464 e. The number of likely N-dealkylation sites (N-methyl/N-ethyl adjacent to an activating group) is 1. The summed E-state index contributed by atoms with van der Waals surface area (Å²) in [6.45, 7) is 6.71. The van der Waals surface area contributed by atoms with Crippen molar-refractivity contribution in [1.82, 2.24) is 4.90 Å². The second-order valence-corrected chi connectivity index (χ2v) is 6.04. The number of amides is 1. The van der Waals surface area contributed by atoms with Gasteiger partial charge in [-0.2, -0.15) is 0 Å². The summed E-state index contributed by atoms with van der Waals surface area (Å²) in [4.78, 5) is 25.0. The third-order valence-corrected chi connectivity index (χ3v) is 3.93. The predicted molar refractivity (Wildman–Crippen MR) is 92.4 cm³/mol. The van der Waals surface area contributed by atoms with Crippen LogP contribution in [-0.2, 0) is 14.3 Å². The van der Waals surface area contributed by atoms with Crippen LogP contribution in [0.5, 0.6) is 0 Å². The lowest BCUT2D eigenvalue weighted by Gasteiger charge is -2.22. The Morgan fingerprint density at radius 2 is 1.35 bits per heavy atom. The van der Waals surface area contributed by atoms with Crippen molar-refractivity contribution in [2.45, 2.75) is 84.6 Å². The van der Waals surface area contributed by atoms with Gasteiger partial charge in [0, 0.05) is 7.05 Å². The van der Waals surface area contributed by atoms with Crippen molar-refractivity contribution in [1.29, 1.82) is 0 Å². The zero-order chi connectivity index (χ0) is 17.5. The first-order valence-electron chi connectivity index (χ1n) is 9.10. The maximum absolute atomic E-state index is 11.9. The Labute approximate surface area is 141 Å². The molecule has 0 aliphatic carbocycles. The molecule has 0 aliphatic heterocycles. The van der Waals surface area contributed by atoms with Crippen LogP contribution in [0.4, 0.5) is 4.79 Å². The summed E-state index contributed by atoms with van der Waals surface area (Å²) >= 11 is 0. The van der Waals surface area contributed by atoms with Crippen molar-refractivity contribution in [3.63, 3.8) is 0 Å². The van der Waals surface area contributed by atoms with Crippen LogP contribution in [-0.4, -0.2) is 43.3 Å². The van der Waals surface area contributed by atoms with Gasteiger partial charge in [-0.3, -0.25) is 4.90 Å². The van der Waals surface area contributed by atoms with Crippen LogP contribution in [0.25, 0.3) is 0 Å². The molecular formula is C18H35NO4. The number of rotatable bonds is 13. The molecule has 136 valence electrons. The standard InChI is InChI=1S/C18H35NO4/c1-5-7-9-10-11-12-13-15-22-17(20)16(3)19(4)18(21)23-14-8-6-2/h16H,5-15H2,1-4H3. The van der Waals surface area contributed by atoms with E-state index in [0.29, 0.717) is 13.2 Å². The van der Waals surface area contributed by atoms with Gasteiger partial charge in [-0.25, -0.2) is 9.59 Å². The van der Waals surface area contributed by atoms with E-state index < -0.39 is 12.1 Å². The Bertz CT molecular complexity index is 320. The molecule has 1 unspecified atom stereocenters. The molecule has 5 nitrogen and oxygen atoms in total. The van der Waals surface area contributed by atoms with Crippen molar-refractivity contribution in [3.8, 4) is 0 Å². The van der Waals surface area contributed by atoms with E-state index in [0.717, 1.165) is 25.7 Å². The van der Waals surface area contributed by atoms with Crippen molar-refractivity contribution in [2.24, 2.45) is 0 Å². The molecule has 0 radical (unpaired) electrons. The minimum atomic E-state index is -0.617. The second kappa shape index (κ2) is 14.3. The number of hydrogen-bond donors (Lipinski definition) is 0. The van der Waals surface area contributed by atoms with E-state index in [1.807, 2.05) is 6.92 Å². The number of carbonyl (C=O) groups excluding carboxylic acids is 2. The van der Waals surface area contributed by atoms with Gasteiger partial charge in [-0.15, -0.1) is 0 Å². The molecule has 0 bridgehead atoms. The highest BCUT2D eigenvalue weighted by molar-refractivity contribution is 5.80. The van der Waals surface area contributed by atoms with Crippen LogP contribution >= 0.6 is 0 Å². The summed E-state index contributed by atoms with van der Waals surface area (Å²) in [6, 6.07) is -0.617. The SMILES string of the molecule is CCCCCCCCCOC(=O)C(C)N(C)C(=O)OCCCC. The lowest BCUT2D eigenvalue weighted by molar-refractivity contribution is -0.148. The number of nitrogens with zero attached hydrogens (tertiary/aromatic N) is 1. The van der Waals surface area contributed by atoms with Gasteiger partial charge in [0.05, 0.1) is 13.2 Å². The Balaban J connectivity index is 3.77. The molecule has 0 fully saturated rings. The van der Waals surface area contributed by atoms with Gasteiger partial charge in [0.25, 0.3) is 0 Å². The van der Waals surface area contributed by atoms with Gasteiger partial charge in [0.1, 0.15) is 6.04 Å². The highest BCUT2D eigenvalue weighted by Crippen LogP contribution is 2.08. The van der Waals surface area contributed by atoms with E-state index in [4.69, 9.17) is 9.47 Å². The van der Waals surface area contributed by atoms with Crippen molar-refractivity contribution in [2.75, 3.05) is 20.3 Å². The van der Waals surface area contributed by atoms with E-state index in [2.05, 4.69) is 6.92 Å². The van der Waals surface area contributed by atoms with Crippen LogP contribution in [0.1, 0.15) is 78.6 Å². The monoisotopic (exact) mass is 329 g/mol. The molecule has 0 heterocycles. The van der Waals surface area contributed by atoms with Gasteiger partial charge >= 0.3 is 12.1 Å². The third kappa shape index (κ3) is 11.0. The van der Waals surface area contributed by atoms with Crippen LogP contribution in [0.3, 0.4) is 0 Å². The maximum Gasteiger partial charge on any atom is 0.410 e. The molecule has 0 aromatic rings. The zero-order valence-electron chi connectivity index (χ0n) is 15.4. The molecule has 0 aromatic carbocycles. The average Bonchev–Trinajstić information content (AvgIpc) is 2.55. The molecule has 0 saturated carbocycles. The van der Waals surface area contributed by atoms with Crippen LogP contribution in [0, 0.1) is 0 Å². The molecule has 1 amide bonds. The fourth-order valence-corrected chi connectivity index (χ4v) is 2.07. The number of carbonyl (C=O) groups is 2. The highest BCUT2D eigenvalue weighted by Gasteiger charge is 2.24. The van der Waals surface area contributed by atoms with E-state index in [1.165, 1.54) is 37.0 Å². The molecule has 0 spiro atoms. The van der Waals surface area contributed by atoms with E-state index in [-0.39, 0.29) is 5.97 Å². The average molecular weight is 329 g/mol. The number of esters is 1. The van der Waals surface area contributed by atoms with Gasteiger partial charge in [-0.05, 0) is 19.8 Å².